The molecule has 0 saturated heterocycles. The zero-order valence-corrected chi connectivity index (χ0v) is 14.3. The standard InChI is InChI=1S/C18H22N4O3/c1-12-19-20-17-10-21(16(18(23)24)9-22(12)17)8-13-4-6-15(7-5-13)25-11-14-2-3-14/h4-7,14,16H,2-3,8-11H2,1H3,(H,23,24). The average molecular weight is 342 g/mol. The summed E-state index contributed by atoms with van der Waals surface area (Å²) in [4.78, 5) is 13.6. The molecular weight excluding hydrogens is 320 g/mol. The Labute approximate surface area is 146 Å². The molecular formula is C18H22N4O3. The molecule has 0 amide bonds. The summed E-state index contributed by atoms with van der Waals surface area (Å²) >= 11 is 0. The molecule has 7 heteroatoms. The highest BCUT2D eigenvalue weighted by molar-refractivity contribution is 5.73. The first-order chi connectivity index (χ1) is 12.1. The first-order valence-electron chi connectivity index (χ1n) is 8.67. The normalized spacial score (nSPS) is 20.3. The Morgan fingerprint density at radius 1 is 1.28 bits per heavy atom. The summed E-state index contributed by atoms with van der Waals surface area (Å²) < 4.78 is 7.65. The van der Waals surface area contributed by atoms with Gasteiger partial charge in [0.15, 0.2) is 0 Å². The number of benzene rings is 1. The van der Waals surface area contributed by atoms with Crippen LogP contribution in [-0.2, 0) is 24.4 Å². The van der Waals surface area contributed by atoms with Crippen molar-refractivity contribution in [1.82, 2.24) is 19.7 Å². The first-order valence-corrected chi connectivity index (χ1v) is 8.67. The van der Waals surface area contributed by atoms with E-state index in [1.54, 1.807) is 0 Å². The summed E-state index contributed by atoms with van der Waals surface area (Å²) in [6.07, 6.45) is 2.54. The van der Waals surface area contributed by atoms with Crippen molar-refractivity contribution in [2.24, 2.45) is 5.92 Å². The zero-order valence-electron chi connectivity index (χ0n) is 14.3. The van der Waals surface area contributed by atoms with Crippen LogP contribution in [-0.4, -0.2) is 43.4 Å². The van der Waals surface area contributed by atoms with Crippen LogP contribution in [0.4, 0.5) is 0 Å². The van der Waals surface area contributed by atoms with Gasteiger partial charge in [0.1, 0.15) is 23.4 Å². The molecule has 1 aromatic heterocycles. The van der Waals surface area contributed by atoms with E-state index >= 15 is 0 Å². The van der Waals surface area contributed by atoms with Gasteiger partial charge in [-0.25, -0.2) is 0 Å². The van der Waals surface area contributed by atoms with Crippen LogP contribution < -0.4 is 4.74 Å². The molecule has 2 aliphatic rings. The van der Waals surface area contributed by atoms with E-state index in [1.807, 2.05) is 40.7 Å². The van der Waals surface area contributed by atoms with E-state index in [1.165, 1.54) is 12.8 Å². The van der Waals surface area contributed by atoms with Crippen molar-refractivity contribution in [3.05, 3.63) is 41.5 Å². The monoisotopic (exact) mass is 342 g/mol. The fraction of sp³-hybridized carbons (Fsp3) is 0.500. The first kappa shape index (κ1) is 16.1. The van der Waals surface area contributed by atoms with Crippen LogP contribution in [0.3, 0.4) is 0 Å². The molecule has 4 rings (SSSR count). The predicted octanol–water partition coefficient (Wildman–Crippen LogP) is 1.84. The topological polar surface area (TPSA) is 80.5 Å². The van der Waals surface area contributed by atoms with E-state index < -0.39 is 12.0 Å². The molecule has 7 nitrogen and oxygen atoms in total. The van der Waals surface area contributed by atoms with Crippen molar-refractivity contribution < 1.29 is 14.6 Å². The summed E-state index contributed by atoms with van der Waals surface area (Å²) in [6, 6.07) is 7.36. The molecule has 132 valence electrons. The number of carboxylic acids is 1. The van der Waals surface area contributed by atoms with Gasteiger partial charge in [0.25, 0.3) is 0 Å². The largest absolute Gasteiger partial charge is 0.493 e. The molecule has 1 aliphatic carbocycles. The highest BCUT2D eigenvalue weighted by Crippen LogP contribution is 2.29. The fourth-order valence-corrected chi connectivity index (χ4v) is 3.18. The molecule has 1 aromatic carbocycles. The third kappa shape index (κ3) is 3.51. The lowest BCUT2D eigenvalue weighted by Gasteiger charge is -2.33. The van der Waals surface area contributed by atoms with Crippen LogP contribution in [0, 0.1) is 12.8 Å². The molecule has 1 fully saturated rings. The second-order valence-electron chi connectivity index (χ2n) is 6.93. The number of aryl methyl sites for hydroxylation is 1. The lowest BCUT2D eigenvalue weighted by molar-refractivity contribution is -0.145. The van der Waals surface area contributed by atoms with Crippen LogP contribution in [0.1, 0.15) is 30.1 Å². The number of carbonyl (C=O) groups is 1. The van der Waals surface area contributed by atoms with Crippen molar-refractivity contribution in [3.8, 4) is 5.75 Å². The second kappa shape index (κ2) is 6.48. The number of rotatable bonds is 6. The third-order valence-corrected chi connectivity index (χ3v) is 4.93. The summed E-state index contributed by atoms with van der Waals surface area (Å²) in [7, 11) is 0. The van der Waals surface area contributed by atoms with Crippen LogP contribution in [0.25, 0.3) is 0 Å². The van der Waals surface area contributed by atoms with Crippen LogP contribution >= 0.6 is 0 Å². The fourth-order valence-electron chi connectivity index (χ4n) is 3.18. The number of aliphatic carboxylic acids is 1. The summed E-state index contributed by atoms with van der Waals surface area (Å²) in [5, 5.41) is 17.8. The molecule has 25 heavy (non-hydrogen) atoms. The van der Waals surface area contributed by atoms with Crippen molar-refractivity contribution in [3.63, 3.8) is 0 Å². The number of hydrogen-bond donors (Lipinski definition) is 1. The molecule has 1 N–H and O–H groups in total. The quantitative estimate of drug-likeness (QED) is 0.863. The molecule has 1 saturated carbocycles. The van der Waals surface area contributed by atoms with E-state index in [-0.39, 0.29) is 0 Å². The maximum atomic E-state index is 11.7. The van der Waals surface area contributed by atoms with Crippen LogP contribution in [0.2, 0.25) is 0 Å². The van der Waals surface area contributed by atoms with E-state index in [2.05, 4.69) is 10.2 Å². The smallest absolute Gasteiger partial charge is 0.322 e. The highest BCUT2D eigenvalue weighted by Gasteiger charge is 2.33. The molecule has 2 heterocycles. The maximum absolute atomic E-state index is 11.7. The molecule has 0 radical (unpaired) electrons. The summed E-state index contributed by atoms with van der Waals surface area (Å²) in [6.45, 7) is 4.07. The molecule has 1 aliphatic heterocycles. The number of nitrogens with zero attached hydrogens (tertiary/aromatic N) is 4. The summed E-state index contributed by atoms with van der Waals surface area (Å²) in [5.74, 6) is 2.37. The van der Waals surface area contributed by atoms with Gasteiger partial charge in [-0.05, 0) is 43.4 Å². The van der Waals surface area contributed by atoms with Crippen molar-refractivity contribution >= 4 is 5.97 Å². The van der Waals surface area contributed by atoms with Gasteiger partial charge in [-0.1, -0.05) is 12.1 Å². The Kier molecular flexibility index (Phi) is 4.17. The van der Waals surface area contributed by atoms with E-state index in [9.17, 15) is 9.90 Å². The van der Waals surface area contributed by atoms with E-state index in [0.717, 1.165) is 35.5 Å². The average Bonchev–Trinajstić information content (AvgIpc) is 3.37. The van der Waals surface area contributed by atoms with Gasteiger partial charge in [0, 0.05) is 6.54 Å². The van der Waals surface area contributed by atoms with Gasteiger partial charge in [0.05, 0.1) is 19.7 Å². The second-order valence-corrected chi connectivity index (χ2v) is 6.93. The number of hydrogen-bond acceptors (Lipinski definition) is 5. The Bertz CT molecular complexity index is 767. The van der Waals surface area contributed by atoms with Crippen LogP contribution in [0.15, 0.2) is 24.3 Å². The van der Waals surface area contributed by atoms with Gasteiger partial charge >= 0.3 is 5.97 Å². The minimum Gasteiger partial charge on any atom is -0.493 e. The van der Waals surface area contributed by atoms with Gasteiger partial charge < -0.3 is 14.4 Å². The molecule has 0 bridgehead atoms. The number of ether oxygens (including phenoxy) is 1. The van der Waals surface area contributed by atoms with Crippen molar-refractivity contribution in [2.45, 2.75) is 45.4 Å². The molecule has 1 atom stereocenters. The molecule has 1 unspecified atom stereocenters. The Balaban J connectivity index is 1.45. The maximum Gasteiger partial charge on any atom is 0.322 e. The van der Waals surface area contributed by atoms with E-state index in [4.69, 9.17) is 4.74 Å². The third-order valence-electron chi connectivity index (χ3n) is 4.93. The number of carboxylic acid groups (broad SMARTS) is 1. The zero-order chi connectivity index (χ0) is 17.4. The highest BCUT2D eigenvalue weighted by atomic mass is 16.5. The summed E-state index contributed by atoms with van der Waals surface area (Å²) in [5.41, 5.74) is 1.06. The van der Waals surface area contributed by atoms with Gasteiger partial charge in [-0.15, -0.1) is 10.2 Å². The molecule has 0 spiro atoms. The lowest BCUT2D eigenvalue weighted by Crippen LogP contribution is -2.47. The predicted molar refractivity (Wildman–Crippen MR) is 90.1 cm³/mol. The SMILES string of the molecule is Cc1nnc2n1CC(C(=O)O)N(Cc1ccc(OCC3CC3)cc1)C2. The minimum absolute atomic E-state index is 0.381. The van der Waals surface area contributed by atoms with E-state index in [0.29, 0.717) is 19.6 Å². The van der Waals surface area contributed by atoms with Crippen molar-refractivity contribution in [2.75, 3.05) is 6.61 Å². The van der Waals surface area contributed by atoms with Crippen LogP contribution in [0.5, 0.6) is 5.75 Å². The van der Waals surface area contributed by atoms with Gasteiger partial charge in [-0.2, -0.15) is 0 Å². The minimum atomic E-state index is -0.817. The van der Waals surface area contributed by atoms with Gasteiger partial charge in [0.2, 0.25) is 0 Å². The molecule has 2 aromatic rings. The Morgan fingerprint density at radius 3 is 2.72 bits per heavy atom. The number of fused-ring (bicyclic) bond motifs is 1. The number of aromatic nitrogens is 3. The van der Waals surface area contributed by atoms with Crippen molar-refractivity contribution in [1.29, 1.82) is 0 Å². The Morgan fingerprint density at radius 2 is 2.04 bits per heavy atom. The lowest BCUT2D eigenvalue weighted by atomic mass is 10.1. The van der Waals surface area contributed by atoms with Gasteiger partial charge in [-0.3, -0.25) is 9.69 Å². The Hall–Kier alpha value is -2.41.